The van der Waals surface area contributed by atoms with E-state index in [2.05, 4.69) is 10.3 Å². The van der Waals surface area contributed by atoms with Crippen molar-refractivity contribution in [1.29, 1.82) is 0 Å². The minimum absolute atomic E-state index is 0.0431. The van der Waals surface area contributed by atoms with Gasteiger partial charge in [0.15, 0.2) is 5.82 Å². The number of nitrogens with one attached hydrogen (secondary N) is 1. The Kier molecular flexibility index (Phi) is 3.66. The molecule has 1 aliphatic heterocycles. The summed E-state index contributed by atoms with van der Waals surface area (Å²) >= 11 is 0. The predicted molar refractivity (Wildman–Crippen MR) is 82.5 cm³/mol. The molecule has 6 heteroatoms. The maximum absolute atomic E-state index is 12.6. The lowest BCUT2D eigenvalue weighted by Gasteiger charge is -2.21. The highest BCUT2D eigenvalue weighted by atomic mass is 16.2. The van der Waals surface area contributed by atoms with E-state index in [1.54, 1.807) is 28.9 Å². The van der Waals surface area contributed by atoms with Crippen molar-refractivity contribution in [3.8, 4) is 0 Å². The second-order valence-corrected chi connectivity index (χ2v) is 5.52. The Morgan fingerprint density at radius 1 is 1.32 bits per heavy atom. The van der Waals surface area contributed by atoms with Gasteiger partial charge in [-0.1, -0.05) is 18.2 Å². The second-order valence-electron chi connectivity index (χ2n) is 5.52. The van der Waals surface area contributed by atoms with Gasteiger partial charge >= 0.3 is 0 Å². The van der Waals surface area contributed by atoms with E-state index in [9.17, 15) is 9.59 Å². The molecule has 2 heterocycles. The van der Waals surface area contributed by atoms with Crippen LogP contribution < -0.4 is 10.2 Å². The van der Waals surface area contributed by atoms with E-state index in [4.69, 9.17) is 0 Å². The van der Waals surface area contributed by atoms with Crippen LogP contribution in [0, 0.1) is 0 Å². The first kappa shape index (κ1) is 14.3. The lowest BCUT2D eigenvalue weighted by atomic mass is 10.2. The van der Waals surface area contributed by atoms with Crippen LogP contribution in [-0.2, 0) is 11.8 Å². The van der Waals surface area contributed by atoms with Crippen molar-refractivity contribution in [3.05, 3.63) is 48.5 Å². The molecule has 2 atom stereocenters. The van der Waals surface area contributed by atoms with Gasteiger partial charge in [-0.2, -0.15) is 0 Å². The molecule has 0 unspecified atom stereocenters. The number of benzene rings is 1. The van der Waals surface area contributed by atoms with E-state index in [0.717, 1.165) is 5.69 Å². The smallest absolute Gasteiger partial charge is 0.287 e. The Labute approximate surface area is 128 Å². The van der Waals surface area contributed by atoms with Crippen LogP contribution in [0.4, 0.5) is 5.69 Å². The molecule has 1 aromatic carbocycles. The molecule has 3 rings (SSSR count). The van der Waals surface area contributed by atoms with Crippen molar-refractivity contribution in [2.24, 2.45) is 7.05 Å². The van der Waals surface area contributed by atoms with E-state index in [1.165, 1.54) is 0 Å². The van der Waals surface area contributed by atoms with Crippen molar-refractivity contribution in [1.82, 2.24) is 14.9 Å². The van der Waals surface area contributed by atoms with Crippen LogP contribution in [-0.4, -0.2) is 33.4 Å². The van der Waals surface area contributed by atoms with Gasteiger partial charge in [0.25, 0.3) is 5.91 Å². The number of rotatable bonds is 3. The van der Waals surface area contributed by atoms with Gasteiger partial charge in [-0.05, 0) is 25.5 Å². The third kappa shape index (κ3) is 2.47. The van der Waals surface area contributed by atoms with E-state index in [1.807, 2.05) is 37.3 Å². The summed E-state index contributed by atoms with van der Waals surface area (Å²) < 4.78 is 1.63. The van der Waals surface area contributed by atoms with Crippen molar-refractivity contribution in [3.63, 3.8) is 0 Å². The maximum atomic E-state index is 12.6. The third-order valence-electron chi connectivity index (χ3n) is 3.92. The van der Waals surface area contributed by atoms with E-state index >= 15 is 0 Å². The summed E-state index contributed by atoms with van der Waals surface area (Å²) in [6.07, 6.45) is 3.85. The number of hydrogen-bond acceptors (Lipinski definition) is 3. The van der Waals surface area contributed by atoms with Crippen LogP contribution in [0.15, 0.2) is 42.7 Å². The van der Waals surface area contributed by atoms with Crippen LogP contribution in [0.2, 0.25) is 0 Å². The topological polar surface area (TPSA) is 67.2 Å². The van der Waals surface area contributed by atoms with Gasteiger partial charge in [-0.15, -0.1) is 0 Å². The Balaban J connectivity index is 1.76. The standard InChI is InChI=1S/C16H18N4O2/c1-11-10-13(18-15(21)14-17-8-9-19(14)2)16(22)20(11)12-6-4-3-5-7-12/h3-9,11,13H,10H2,1-2H3,(H,18,21)/t11-,13-/m1/s1. The number of amides is 2. The Morgan fingerprint density at radius 3 is 2.68 bits per heavy atom. The van der Waals surface area contributed by atoms with Gasteiger partial charge in [0.2, 0.25) is 5.91 Å². The lowest BCUT2D eigenvalue weighted by Crippen LogP contribution is -2.42. The van der Waals surface area contributed by atoms with E-state index in [-0.39, 0.29) is 17.9 Å². The molecule has 22 heavy (non-hydrogen) atoms. The van der Waals surface area contributed by atoms with Crippen LogP contribution in [0.25, 0.3) is 0 Å². The molecule has 0 saturated carbocycles. The minimum atomic E-state index is -0.514. The number of carbonyl (C=O) groups excluding carboxylic acids is 2. The molecular formula is C16H18N4O2. The first-order valence-corrected chi connectivity index (χ1v) is 7.24. The first-order chi connectivity index (χ1) is 10.6. The largest absolute Gasteiger partial charge is 0.337 e. The average molecular weight is 298 g/mol. The number of carbonyl (C=O) groups is 2. The Hall–Kier alpha value is -2.63. The number of aromatic nitrogens is 2. The fourth-order valence-corrected chi connectivity index (χ4v) is 2.83. The number of imidazole rings is 1. The summed E-state index contributed by atoms with van der Waals surface area (Å²) in [5.74, 6) is -0.104. The Bertz CT molecular complexity index is 695. The highest BCUT2D eigenvalue weighted by molar-refractivity contribution is 6.03. The molecule has 1 saturated heterocycles. The molecule has 1 fully saturated rings. The molecule has 1 aromatic heterocycles. The Morgan fingerprint density at radius 2 is 2.05 bits per heavy atom. The van der Waals surface area contributed by atoms with Crippen LogP contribution in [0.3, 0.4) is 0 Å². The van der Waals surface area contributed by atoms with Crippen LogP contribution >= 0.6 is 0 Å². The summed E-state index contributed by atoms with van der Waals surface area (Å²) in [5.41, 5.74) is 0.855. The number of aryl methyl sites for hydroxylation is 1. The molecule has 0 radical (unpaired) electrons. The molecule has 114 valence electrons. The zero-order valence-electron chi connectivity index (χ0n) is 12.6. The average Bonchev–Trinajstić information content (AvgIpc) is 3.04. The summed E-state index contributed by atoms with van der Waals surface area (Å²) in [5, 5.41) is 2.79. The SMILES string of the molecule is C[C@@H]1C[C@@H](NC(=O)c2nccn2C)C(=O)N1c1ccccc1. The fourth-order valence-electron chi connectivity index (χ4n) is 2.83. The maximum Gasteiger partial charge on any atom is 0.287 e. The van der Waals surface area contributed by atoms with Gasteiger partial charge in [-0.3, -0.25) is 9.59 Å². The van der Waals surface area contributed by atoms with Gasteiger partial charge in [0.1, 0.15) is 6.04 Å². The first-order valence-electron chi connectivity index (χ1n) is 7.24. The zero-order chi connectivity index (χ0) is 15.7. The zero-order valence-corrected chi connectivity index (χ0v) is 12.6. The molecule has 0 spiro atoms. The third-order valence-corrected chi connectivity index (χ3v) is 3.92. The van der Waals surface area contributed by atoms with Gasteiger partial charge in [-0.25, -0.2) is 4.98 Å². The van der Waals surface area contributed by atoms with Crippen molar-refractivity contribution < 1.29 is 9.59 Å². The lowest BCUT2D eigenvalue weighted by molar-refractivity contribution is -0.118. The van der Waals surface area contributed by atoms with Crippen molar-refractivity contribution in [2.45, 2.75) is 25.4 Å². The molecule has 0 bridgehead atoms. The van der Waals surface area contributed by atoms with Gasteiger partial charge in [0.05, 0.1) is 0 Å². The van der Waals surface area contributed by atoms with E-state index in [0.29, 0.717) is 12.2 Å². The van der Waals surface area contributed by atoms with Crippen molar-refractivity contribution in [2.75, 3.05) is 4.90 Å². The molecular weight excluding hydrogens is 280 g/mol. The summed E-state index contributed by atoms with van der Waals surface area (Å²) in [7, 11) is 1.75. The monoisotopic (exact) mass is 298 g/mol. The summed E-state index contributed by atoms with van der Waals surface area (Å²) in [6, 6.07) is 9.04. The van der Waals surface area contributed by atoms with Gasteiger partial charge in [0, 0.05) is 31.2 Å². The quantitative estimate of drug-likeness (QED) is 0.930. The molecule has 2 amide bonds. The van der Waals surface area contributed by atoms with E-state index < -0.39 is 6.04 Å². The number of anilines is 1. The number of hydrogen-bond donors (Lipinski definition) is 1. The van der Waals surface area contributed by atoms with Crippen molar-refractivity contribution >= 4 is 17.5 Å². The predicted octanol–water partition coefficient (Wildman–Crippen LogP) is 1.34. The summed E-state index contributed by atoms with van der Waals surface area (Å²) in [4.78, 5) is 30.5. The molecule has 1 aliphatic rings. The normalized spacial score (nSPS) is 21.2. The number of para-hydroxylation sites is 1. The highest BCUT2D eigenvalue weighted by Crippen LogP contribution is 2.26. The van der Waals surface area contributed by atoms with Crippen LogP contribution in [0.5, 0.6) is 0 Å². The highest BCUT2D eigenvalue weighted by Gasteiger charge is 2.39. The minimum Gasteiger partial charge on any atom is -0.337 e. The molecule has 1 N–H and O–H groups in total. The molecule has 0 aliphatic carbocycles. The summed E-state index contributed by atoms with van der Waals surface area (Å²) in [6.45, 7) is 1.98. The van der Waals surface area contributed by atoms with Crippen LogP contribution in [0.1, 0.15) is 24.0 Å². The fraction of sp³-hybridized carbons (Fsp3) is 0.312. The number of nitrogens with zero attached hydrogens (tertiary/aromatic N) is 3. The molecule has 6 nitrogen and oxygen atoms in total. The molecule has 2 aromatic rings. The second kappa shape index (κ2) is 5.63. The van der Waals surface area contributed by atoms with Gasteiger partial charge < -0.3 is 14.8 Å².